The van der Waals surface area contributed by atoms with Gasteiger partial charge in [-0.2, -0.15) is 18.4 Å². The summed E-state index contributed by atoms with van der Waals surface area (Å²) in [6, 6.07) is 15.5. The molecular weight excluding hydrogens is 604 g/mol. The summed E-state index contributed by atoms with van der Waals surface area (Å²) in [5.74, 6) is -1.81. The standard InChI is InChI=1S/C33H30F4N6O3/c1-19-16-43(17-20(2)42(19)3)29-12-27(34)24(10-28(29)41-31(45)25-15-39-30(44)11-26(25)33(35,36)37)23-9-22(13-38)32(40-14-23)46-18-21-7-5-4-6-8-21/h4-12,14-15,19-20H,16-18H2,1-3H3,(H,39,44)(H,41,45). The number of amides is 1. The van der Waals surface area contributed by atoms with Crippen LogP contribution in [0.3, 0.4) is 0 Å². The highest BCUT2D eigenvalue weighted by atomic mass is 19.4. The molecule has 0 radical (unpaired) electrons. The van der Waals surface area contributed by atoms with Gasteiger partial charge in [0.05, 0.1) is 22.5 Å². The first-order valence-corrected chi connectivity index (χ1v) is 14.3. The topological polar surface area (TPSA) is 114 Å². The number of carbonyl (C=O) groups excluding carboxylic acids is 1. The Hall–Kier alpha value is -5.22. The van der Waals surface area contributed by atoms with Gasteiger partial charge in [0.15, 0.2) is 0 Å². The molecule has 5 rings (SSSR count). The first-order valence-electron chi connectivity index (χ1n) is 14.3. The zero-order valence-corrected chi connectivity index (χ0v) is 25.2. The van der Waals surface area contributed by atoms with Crippen molar-refractivity contribution in [3.8, 4) is 23.1 Å². The van der Waals surface area contributed by atoms with Crippen LogP contribution >= 0.6 is 0 Å². The fourth-order valence-electron chi connectivity index (χ4n) is 5.35. The number of likely N-dealkylation sites (N-methyl/N-ethyl adjacent to an activating group) is 1. The number of alkyl halides is 3. The van der Waals surface area contributed by atoms with Crippen molar-refractivity contribution >= 4 is 17.3 Å². The van der Waals surface area contributed by atoms with Gasteiger partial charge in [0, 0.05) is 54.8 Å². The third-order valence-electron chi connectivity index (χ3n) is 8.01. The number of benzene rings is 2. The van der Waals surface area contributed by atoms with E-state index in [4.69, 9.17) is 4.74 Å². The normalized spacial score (nSPS) is 17.0. The fraction of sp³-hybridized carbons (Fsp3) is 0.273. The first kappa shape index (κ1) is 32.2. The van der Waals surface area contributed by atoms with Crippen LogP contribution in [-0.2, 0) is 12.8 Å². The van der Waals surface area contributed by atoms with E-state index in [1.54, 1.807) is 0 Å². The predicted molar refractivity (Wildman–Crippen MR) is 164 cm³/mol. The molecule has 46 heavy (non-hydrogen) atoms. The van der Waals surface area contributed by atoms with E-state index in [0.29, 0.717) is 25.4 Å². The number of anilines is 2. The molecule has 0 bridgehead atoms. The largest absolute Gasteiger partial charge is 0.472 e. The zero-order chi connectivity index (χ0) is 33.2. The van der Waals surface area contributed by atoms with E-state index in [1.165, 1.54) is 24.4 Å². The molecule has 1 amide bonds. The molecular formula is C33H30F4N6O3. The van der Waals surface area contributed by atoms with Crippen molar-refractivity contribution in [2.75, 3.05) is 30.4 Å². The summed E-state index contributed by atoms with van der Waals surface area (Å²) in [5, 5.41) is 12.3. The lowest BCUT2D eigenvalue weighted by molar-refractivity contribution is -0.138. The smallest absolute Gasteiger partial charge is 0.417 e. The number of ether oxygens (including phenoxy) is 1. The molecule has 3 heterocycles. The van der Waals surface area contributed by atoms with Crippen molar-refractivity contribution in [1.29, 1.82) is 5.26 Å². The van der Waals surface area contributed by atoms with Gasteiger partial charge in [-0.3, -0.25) is 14.5 Å². The van der Waals surface area contributed by atoms with Crippen molar-refractivity contribution in [1.82, 2.24) is 14.9 Å². The van der Waals surface area contributed by atoms with E-state index < -0.39 is 34.6 Å². The van der Waals surface area contributed by atoms with Crippen LogP contribution < -0.4 is 20.5 Å². The second kappa shape index (κ2) is 13.0. The average Bonchev–Trinajstić information content (AvgIpc) is 3.03. The van der Waals surface area contributed by atoms with Crippen molar-refractivity contribution in [3.63, 3.8) is 0 Å². The van der Waals surface area contributed by atoms with Gasteiger partial charge in [-0.1, -0.05) is 30.3 Å². The molecule has 1 fully saturated rings. The summed E-state index contributed by atoms with van der Waals surface area (Å²) >= 11 is 0. The number of nitriles is 1. The Morgan fingerprint density at radius 1 is 1.13 bits per heavy atom. The molecule has 2 atom stereocenters. The maximum Gasteiger partial charge on any atom is 0.417 e. The quantitative estimate of drug-likeness (QED) is 0.246. The molecule has 0 aliphatic carbocycles. The van der Waals surface area contributed by atoms with Crippen molar-refractivity contribution in [3.05, 3.63) is 105 Å². The van der Waals surface area contributed by atoms with Crippen molar-refractivity contribution in [2.45, 2.75) is 38.7 Å². The third kappa shape index (κ3) is 6.87. The zero-order valence-electron chi connectivity index (χ0n) is 25.2. The van der Waals surface area contributed by atoms with Crippen LogP contribution in [0.2, 0.25) is 0 Å². The van der Waals surface area contributed by atoms with Gasteiger partial charge in [0.1, 0.15) is 24.1 Å². The Kier molecular flexibility index (Phi) is 9.11. The third-order valence-corrected chi connectivity index (χ3v) is 8.01. The van der Waals surface area contributed by atoms with E-state index in [0.717, 1.165) is 5.56 Å². The average molecular weight is 635 g/mol. The van der Waals surface area contributed by atoms with E-state index in [2.05, 4.69) is 20.2 Å². The van der Waals surface area contributed by atoms with E-state index >= 15 is 4.39 Å². The molecule has 2 aromatic heterocycles. The maximum atomic E-state index is 15.9. The lowest BCUT2D eigenvalue weighted by atomic mass is 10.0. The van der Waals surface area contributed by atoms with Gasteiger partial charge in [-0.25, -0.2) is 9.37 Å². The van der Waals surface area contributed by atoms with Crippen LogP contribution in [0.5, 0.6) is 5.88 Å². The highest BCUT2D eigenvalue weighted by Crippen LogP contribution is 2.38. The number of H-pyrrole nitrogens is 1. The summed E-state index contributed by atoms with van der Waals surface area (Å²) in [5.41, 5.74) is -1.93. The van der Waals surface area contributed by atoms with Gasteiger partial charge >= 0.3 is 6.18 Å². The number of hydrogen-bond donors (Lipinski definition) is 2. The Bertz CT molecular complexity index is 1840. The van der Waals surface area contributed by atoms with Gasteiger partial charge in [-0.15, -0.1) is 0 Å². The van der Waals surface area contributed by atoms with Gasteiger partial charge < -0.3 is 19.9 Å². The van der Waals surface area contributed by atoms with E-state index in [9.17, 15) is 28.0 Å². The minimum atomic E-state index is -4.98. The molecule has 238 valence electrons. The number of aromatic nitrogens is 2. The summed E-state index contributed by atoms with van der Waals surface area (Å²) in [4.78, 5) is 35.4. The number of aromatic amines is 1. The molecule has 2 aromatic carbocycles. The lowest BCUT2D eigenvalue weighted by Crippen LogP contribution is -2.55. The Morgan fingerprint density at radius 3 is 2.48 bits per heavy atom. The number of halogens is 4. The lowest BCUT2D eigenvalue weighted by Gasteiger charge is -2.44. The fourth-order valence-corrected chi connectivity index (χ4v) is 5.35. The van der Waals surface area contributed by atoms with Crippen LogP contribution in [0, 0.1) is 17.1 Å². The molecule has 13 heteroatoms. The SMILES string of the molecule is CC1CN(c2cc(F)c(-c3cnc(OCc4ccccc4)c(C#N)c3)cc2NC(=O)c2c[nH]c(=O)cc2C(F)(F)F)CC(C)N1C. The first-order chi connectivity index (χ1) is 21.8. The van der Waals surface area contributed by atoms with Gasteiger partial charge in [0.25, 0.3) is 5.91 Å². The maximum absolute atomic E-state index is 15.9. The Balaban J connectivity index is 1.55. The van der Waals surface area contributed by atoms with E-state index in [1.807, 2.05) is 62.2 Å². The second-order valence-electron chi connectivity index (χ2n) is 11.2. The monoisotopic (exact) mass is 634 g/mol. The van der Waals surface area contributed by atoms with Crippen LogP contribution in [-0.4, -0.2) is 53.0 Å². The summed E-state index contributed by atoms with van der Waals surface area (Å²) in [6.07, 6.45) is -2.97. The summed E-state index contributed by atoms with van der Waals surface area (Å²) < 4.78 is 62.9. The van der Waals surface area contributed by atoms with Crippen LogP contribution in [0.15, 0.2) is 71.8 Å². The van der Waals surface area contributed by atoms with E-state index in [-0.39, 0.29) is 52.6 Å². The molecule has 1 aliphatic heterocycles. The van der Waals surface area contributed by atoms with Crippen molar-refractivity contribution in [2.24, 2.45) is 0 Å². The highest BCUT2D eigenvalue weighted by Gasteiger charge is 2.36. The number of pyridine rings is 2. The number of piperazine rings is 1. The summed E-state index contributed by atoms with van der Waals surface area (Å²) in [6.45, 7) is 5.01. The van der Waals surface area contributed by atoms with Crippen LogP contribution in [0.25, 0.3) is 11.1 Å². The molecule has 2 N–H and O–H groups in total. The number of hydrogen-bond acceptors (Lipinski definition) is 7. The van der Waals surface area contributed by atoms with Gasteiger partial charge in [-0.05, 0) is 44.7 Å². The summed E-state index contributed by atoms with van der Waals surface area (Å²) in [7, 11) is 1.96. The molecule has 9 nitrogen and oxygen atoms in total. The van der Waals surface area contributed by atoms with Crippen LogP contribution in [0.4, 0.5) is 28.9 Å². The van der Waals surface area contributed by atoms with Gasteiger partial charge in [0.2, 0.25) is 11.4 Å². The van der Waals surface area contributed by atoms with Crippen molar-refractivity contribution < 1.29 is 27.1 Å². The predicted octanol–water partition coefficient (Wildman–Crippen LogP) is 5.83. The second-order valence-corrected chi connectivity index (χ2v) is 11.2. The number of rotatable bonds is 7. The molecule has 1 aliphatic rings. The Labute approximate surface area is 262 Å². The molecule has 0 spiro atoms. The highest BCUT2D eigenvalue weighted by molar-refractivity contribution is 6.07. The Morgan fingerprint density at radius 2 is 1.83 bits per heavy atom. The minimum Gasteiger partial charge on any atom is -0.472 e. The number of carbonyl (C=O) groups is 1. The molecule has 0 saturated carbocycles. The molecule has 4 aromatic rings. The molecule has 2 unspecified atom stereocenters. The molecule has 1 saturated heterocycles. The number of nitrogens with zero attached hydrogens (tertiary/aromatic N) is 4. The minimum absolute atomic E-state index is 0.0345. The van der Waals surface area contributed by atoms with Crippen LogP contribution in [0.1, 0.15) is 40.9 Å². The number of nitrogens with one attached hydrogen (secondary N) is 2.